The highest BCUT2D eigenvalue weighted by Gasteiger charge is 2.29. The standard InChI is InChI=1S/C24H23N3O6S/c28-21(29)13-34-10-9-25-23(30)22-20(33-14-27-22)11-26-24(31)32-12-19-17-7-3-1-5-15(17)16-6-2-4-8-18(16)19/h1-8,14,19H,9-13H2,(H,25,30)(H,26,31)(H,28,29). The lowest BCUT2D eigenvalue weighted by molar-refractivity contribution is -0.133. The van der Waals surface area contributed by atoms with Gasteiger partial charge in [0.25, 0.3) is 5.91 Å². The number of carboxylic acids is 1. The number of rotatable bonds is 10. The molecule has 34 heavy (non-hydrogen) atoms. The van der Waals surface area contributed by atoms with Crippen molar-refractivity contribution in [3.8, 4) is 11.1 Å². The second-order valence-electron chi connectivity index (χ2n) is 7.51. The number of carbonyl (C=O) groups excluding carboxylic acids is 2. The summed E-state index contributed by atoms with van der Waals surface area (Å²) in [6.07, 6.45) is 0.498. The van der Waals surface area contributed by atoms with Gasteiger partial charge in [-0.2, -0.15) is 0 Å². The minimum atomic E-state index is -0.908. The predicted molar refractivity (Wildman–Crippen MR) is 126 cm³/mol. The first-order chi connectivity index (χ1) is 16.5. The molecule has 176 valence electrons. The monoisotopic (exact) mass is 481 g/mol. The molecule has 2 amide bonds. The first-order valence-corrected chi connectivity index (χ1v) is 11.8. The number of carboxylic acid groups (broad SMARTS) is 1. The number of aromatic nitrogens is 1. The molecule has 0 saturated heterocycles. The van der Waals surface area contributed by atoms with E-state index in [0.29, 0.717) is 5.75 Å². The van der Waals surface area contributed by atoms with E-state index in [4.69, 9.17) is 14.3 Å². The number of nitrogens with zero attached hydrogens (tertiary/aromatic N) is 1. The van der Waals surface area contributed by atoms with Crippen LogP contribution in [0.15, 0.2) is 59.3 Å². The van der Waals surface area contributed by atoms with Gasteiger partial charge in [0.2, 0.25) is 0 Å². The number of thioether (sulfide) groups is 1. The van der Waals surface area contributed by atoms with Crippen molar-refractivity contribution in [3.05, 3.63) is 77.5 Å². The van der Waals surface area contributed by atoms with Crippen LogP contribution in [0.4, 0.5) is 4.79 Å². The van der Waals surface area contributed by atoms with E-state index >= 15 is 0 Å². The summed E-state index contributed by atoms with van der Waals surface area (Å²) in [5.74, 6) is -0.811. The number of alkyl carbamates (subject to hydrolysis) is 1. The van der Waals surface area contributed by atoms with Crippen molar-refractivity contribution in [1.82, 2.24) is 15.6 Å². The van der Waals surface area contributed by atoms with E-state index in [1.807, 2.05) is 36.4 Å². The molecule has 0 saturated carbocycles. The van der Waals surface area contributed by atoms with Gasteiger partial charge in [0.05, 0.1) is 12.3 Å². The maximum atomic E-state index is 12.4. The average molecular weight is 482 g/mol. The summed E-state index contributed by atoms with van der Waals surface area (Å²) in [7, 11) is 0. The van der Waals surface area contributed by atoms with E-state index in [2.05, 4.69) is 27.8 Å². The van der Waals surface area contributed by atoms with Gasteiger partial charge >= 0.3 is 12.1 Å². The van der Waals surface area contributed by atoms with Gasteiger partial charge in [-0.3, -0.25) is 9.59 Å². The molecule has 0 radical (unpaired) electrons. The van der Waals surface area contributed by atoms with E-state index in [9.17, 15) is 14.4 Å². The van der Waals surface area contributed by atoms with Gasteiger partial charge in [-0.15, -0.1) is 11.8 Å². The van der Waals surface area contributed by atoms with Gasteiger partial charge in [0.1, 0.15) is 6.61 Å². The summed E-state index contributed by atoms with van der Waals surface area (Å²) >= 11 is 1.19. The lowest BCUT2D eigenvalue weighted by atomic mass is 9.98. The molecule has 0 aliphatic heterocycles. The van der Waals surface area contributed by atoms with Gasteiger partial charge in [-0.1, -0.05) is 48.5 Å². The zero-order valence-corrected chi connectivity index (χ0v) is 19.0. The number of amides is 2. The van der Waals surface area contributed by atoms with Crippen LogP contribution in [0.3, 0.4) is 0 Å². The third-order valence-electron chi connectivity index (χ3n) is 5.35. The Hall–Kier alpha value is -3.79. The van der Waals surface area contributed by atoms with Crippen LogP contribution in [0.25, 0.3) is 11.1 Å². The minimum absolute atomic E-state index is 0.0326. The van der Waals surface area contributed by atoms with Crippen LogP contribution in [0, 0.1) is 0 Å². The molecule has 10 heteroatoms. The second kappa shape index (κ2) is 10.9. The topological polar surface area (TPSA) is 131 Å². The van der Waals surface area contributed by atoms with Crippen molar-refractivity contribution in [2.45, 2.75) is 12.5 Å². The van der Waals surface area contributed by atoms with Gasteiger partial charge in [-0.05, 0) is 22.3 Å². The number of oxazole rings is 1. The van der Waals surface area contributed by atoms with Crippen molar-refractivity contribution < 1.29 is 28.6 Å². The maximum Gasteiger partial charge on any atom is 0.407 e. The Kier molecular flexibility index (Phi) is 7.48. The molecule has 0 atom stereocenters. The normalized spacial score (nSPS) is 12.0. The fraction of sp³-hybridized carbons (Fsp3) is 0.250. The molecule has 1 aromatic heterocycles. The average Bonchev–Trinajstić information content (AvgIpc) is 3.44. The number of aliphatic carboxylic acids is 1. The molecule has 1 heterocycles. The van der Waals surface area contributed by atoms with E-state index in [1.54, 1.807) is 0 Å². The van der Waals surface area contributed by atoms with Crippen molar-refractivity contribution >= 4 is 29.7 Å². The van der Waals surface area contributed by atoms with E-state index < -0.39 is 18.0 Å². The van der Waals surface area contributed by atoms with Crippen molar-refractivity contribution in [2.75, 3.05) is 24.7 Å². The molecule has 3 N–H and O–H groups in total. The van der Waals surface area contributed by atoms with Crippen LogP contribution in [0.1, 0.15) is 33.3 Å². The number of fused-ring (bicyclic) bond motifs is 3. The third-order valence-corrected chi connectivity index (χ3v) is 6.29. The molecule has 1 aliphatic carbocycles. The number of hydrogen-bond acceptors (Lipinski definition) is 7. The Morgan fingerprint density at radius 2 is 1.71 bits per heavy atom. The van der Waals surface area contributed by atoms with Crippen LogP contribution < -0.4 is 10.6 Å². The minimum Gasteiger partial charge on any atom is -0.481 e. The molecule has 0 fully saturated rings. The summed E-state index contributed by atoms with van der Waals surface area (Å²) in [5, 5.41) is 13.9. The van der Waals surface area contributed by atoms with Crippen molar-refractivity contribution in [3.63, 3.8) is 0 Å². The van der Waals surface area contributed by atoms with Crippen LogP contribution in [-0.4, -0.2) is 52.7 Å². The fourth-order valence-electron chi connectivity index (χ4n) is 3.86. The van der Waals surface area contributed by atoms with Crippen LogP contribution in [0.2, 0.25) is 0 Å². The number of benzene rings is 2. The number of nitrogens with one attached hydrogen (secondary N) is 2. The van der Waals surface area contributed by atoms with Gasteiger partial charge in [0.15, 0.2) is 17.8 Å². The largest absolute Gasteiger partial charge is 0.481 e. The molecule has 4 rings (SSSR count). The fourth-order valence-corrected chi connectivity index (χ4v) is 4.43. The molecule has 9 nitrogen and oxygen atoms in total. The van der Waals surface area contributed by atoms with E-state index in [0.717, 1.165) is 28.6 Å². The Morgan fingerprint density at radius 3 is 2.38 bits per heavy atom. The molecule has 3 aromatic rings. The zero-order chi connectivity index (χ0) is 23.9. The lowest BCUT2D eigenvalue weighted by Crippen LogP contribution is -2.29. The number of carbonyl (C=O) groups is 3. The Balaban J connectivity index is 1.28. The van der Waals surface area contributed by atoms with Crippen LogP contribution in [-0.2, 0) is 16.1 Å². The zero-order valence-electron chi connectivity index (χ0n) is 18.2. The molecular formula is C24H23N3O6S. The van der Waals surface area contributed by atoms with Crippen LogP contribution >= 0.6 is 11.8 Å². The van der Waals surface area contributed by atoms with Crippen molar-refractivity contribution in [2.24, 2.45) is 0 Å². The Labute approximate surface area is 199 Å². The SMILES string of the molecule is O=C(O)CSCCNC(=O)c1ncoc1CNC(=O)OCC1c2ccccc2-c2ccccc21. The third kappa shape index (κ3) is 5.40. The highest BCUT2D eigenvalue weighted by atomic mass is 32.2. The highest BCUT2D eigenvalue weighted by Crippen LogP contribution is 2.44. The van der Waals surface area contributed by atoms with Gasteiger partial charge < -0.3 is 24.9 Å². The maximum absolute atomic E-state index is 12.4. The molecular weight excluding hydrogens is 458 g/mol. The molecule has 0 unspecified atom stereocenters. The van der Waals surface area contributed by atoms with Gasteiger partial charge in [-0.25, -0.2) is 9.78 Å². The molecule has 0 bridgehead atoms. The summed E-state index contributed by atoms with van der Waals surface area (Å²) in [6, 6.07) is 16.1. The molecule has 1 aliphatic rings. The Bertz CT molecular complexity index is 1150. The Morgan fingerprint density at radius 1 is 1.03 bits per heavy atom. The quantitative estimate of drug-likeness (QED) is 0.376. The summed E-state index contributed by atoms with van der Waals surface area (Å²) < 4.78 is 10.7. The smallest absolute Gasteiger partial charge is 0.407 e. The summed E-state index contributed by atoms with van der Waals surface area (Å²) in [6.45, 7) is 0.397. The first-order valence-electron chi connectivity index (χ1n) is 10.6. The molecule has 0 spiro atoms. The predicted octanol–water partition coefficient (Wildman–Crippen LogP) is 3.26. The van der Waals surface area contributed by atoms with E-state index in [-0.39, 0.29) is 42.8 Å². The summed E-state index contributed by atoms with van der Waals surface area (Å²) in [5.41, 5.74) is 4.58. The van der Waals surface area contributed by atoms with Crippen molar-refractivity contribution in [1.29, 1.82) is 0 Å². The number of ether oxygens (including phenoxy) is 1. The summed E-state index contributed by atoms with van der Waals surface area (Å²) in [4.78, 5) is 39.1. The van der Waals surface area contributed by atoms with Crippen LogP contribution in [0.5, 0.6) is 0 Å². The highest BCUT2D eigenvalue weighted by molar-refractivity contribution is 7.99. The second-order valence-corrected chi connectivity index (χ2v) is 8.61. The van der Waals surface area contributed by atoms with E-state index in [1.165, 1.54) is 11.8 Å². The lowest BCUT2D eigenvalue weighted by Gasteiger charge is -2.14. The molecule has 2 aromatic carbocycles. The number of hydrogen-bond donors (Lipinski definition) is 3. The first kappa shape index (κ1) is 23.4. The van der Waals surface area contributed by atoms with Gasteiger partial charge in [0, 0.05) is 18.2 Å².